The third-order valence-corrected chi connectivity index (χ3v) is 5.08. The number of carbonyl (C=O) groups is 2. The maximum Gasteiger partial charge on any atom is 0.241 e. The average Bonchev–Trinajstić information content (AvgIpc) is 2.52. The second kappa shape index (κ2) is 8.96. The van der Waals surface area contributed by atoms with Gasteiger partial charge in [-0.1, -0.05) is 39.8 Å². The van der Waals surface area contributed by atoms with Crippen molar-refractivity contribution in [1.29, 1.82) is 0 Å². The highest BCUT2D eigenvalue weighted by Crippen LogP contribution is 2.17. The van der Waals surface area contributed by atoms with Crippen molar-refractivity contribution in [3.05, 3.63) is 29.8 Å². The predicted molar refractivity (Wildman–Crippen MR) is 96.3 cm³/mol. The van der Waals surface area contributed by atoms with Gasteiger partial charge in [0.25, 0.3) is 0 Å². The molecule has 0 saturated heterocycles. The lowest BCUT2D eigenvalue weighted by molar-refractivity contribution is -0.127. The molecule has 8 heteroatoms. The van der Waals surface area contributed by atoms with Crippen LogP contribution in [0.2, 0.25) is 0 Å². The van der Waals surface area contributed by atoms with Gasteiger partial charge in [-0.3, -0.25) is 9.59 Å². The fourth-order valence-corrected chi connectivity index (χ4v) is 3.22. The number of nitrogens with two attached hydrogens (primary N) is 1. The number of sulfonamides is 1. The fraction of sp³-hybridized carbons (Fsp3) is 0.529. The molecule has 1 aromatic carbocycles. The highest BCUT2D eigenvalue weighted by molar-refractivity contribution is 7.89. The Kier molecular flexibility index (Phi) is 7.57. The van der Waals surface area contributed by atoms with E-state index in [4.69, 9.17) is 5.73 Å². The molecule has 0 fully saturated rings. The van der Waals surface area contributed by atoms with Crippen molar-refractivity contribution in [2.24, 2.45) is 11.7 Å². The van der Waals surface area contributed by atoms with Crippen LogP contribution in [0.5, 0.6) is 0 Å². The maximum atomic E-state index is 12.2. The summed E-state index contributed by atoms with van der Waals surface area (Å²) in [7, 11) is -3.80. The Balaban J connectivity index is 2.68. The number of rotatable bonds is 9. The van der Waals surface area contributed by atoms with Crippen LogP contribution in [0.1, 0.15) is 45.6 Å². The molecule has 0 aliphatic heterocycles. The average molecular weight is 369 g/mol. The number of amides is 2. The van der Waals surface area contributed by atoms with Crippen LogP contribution < -0.4 is 15.8 Å². The summed E-state index contributed by atoms with van der Waals surface area (Å²) in [5.41, 5.74) is 6.28. The van der Waals surface area contributed by atoms with Crippen LogP contribution in [0.25, 0.3) is 0 Å². The second-order valence-corrected chi connectivity index (χ2v) is 8.47. The monoisotopic (exact) mass is 369 g/mol. The Morgan fingerprint density at radius 1 is 1.08 bits per heavy atom. The van der Waals surface area contributed by atoms with E-state index < -0.39 is 34.4 Å². The minimum absolute atomic E-state index is 0.0818. The van der Waals surface area contributed by atoms with Gasteiger partial charge in [-0.15, -0.1) is 0 Å². The van der Waals surface area contributed by atoms with Crippen LogP contribution in [-0.4, -0.2) is 32.8 Å². The fourth-order valence-electron chi connectivity index (χ4n) is 2.24. The van der Waals surface area contributed by atoms with E-state index in [1.54, 1.807) is 12.1 Å². The molecule has 0 radical (unpaired) electrons. The first-order valence-electron chi connectivity index (χ1n) is 8.21. The van der Waals surface area contributed by atoms with E-state index in [1.165, 1.54) is 12.1 Å². The molecule has 0 saturated carbocycles. The van der Waals surface area contributed by atoms with E-state index in [-0.39, 0.29) is 10.8 Å². The van der Waals surface area contributed by atoms with Crippen LogP contribution in [0.15, 0.2) is 29.2 Å². The van der Waals surface area contributed by atoms with Crippen LogP contribution >= 0.6 is 0 Å². The Labute approximate surface area is 149 Å². The molecule has 140 valence electrons. The number of primary amides is 1. The summed E-state index contributed by atoms with van der Waals surface area (Å²) >= 11 is 0. The maximum absolute atomic E-state index is 12.2. The molecule has 0 bridgehead atoms. The van der Waals surface area contributed by atoms with Crippen LogP contribution in [0, 0.1) is 5.92 Å². The van der Waals surface area contributed by atoms with Crippen LogP contribution in [0.3, 0.4) is 0 Å². The van der Waals surface area contributed by atoms with Crippen molar-refractivity contribution in [2.75, 3.05) is 6.54 Å². The zero-order valence-corrected chi connectivity index (χ0v) is 15.9. The summed E-state index contributed by atoms with van der Waals surface area (Å²) in [4.78, 5) is 23.3. The van der Waals surface area contributed by atoms with E-state index in [9.17, 15) is 18.0 Å². The number of hydrogen-bond acceptors (Lipinski definition) is 4. The van der Waals surface area contributed by atoms with Gasteiger partial charge in [0.2, 0.25) is 21.8 Å². The predicted octanol–water partition coefficient (Wildman–Crippen LogP) is 1.10. The van der Waals surface area contributed by atoms with Gasteiger partial charge >= 0.3 is 0 Å². The van der Waals surface area contributed by atoms with Crippen molar-refractivity contribution >= 4 is 21.8 Å². The zero-order valence-electron chi connectivity index (χ0n) is 15.1. The lowest BCUT2D eigenvalue weighted by Gasteiger charge is -2.17. The first kappa shape index (κ1) is 21.1. The molecule has 0 aliphatic rings. The van der Waals surface area contributed by atoms with Gasteiger partial charge in [0.05, 0.1) is 11.4 Å². The van der Waals surface area contributed by atoms with Crippen molar-refractivity contribution in [1.82, 2.24) is 10.0 Å². The largest absolute Gasteiger partial charge is 0.368 e. The SMILES string of the molecule is CC(C)C[C@H](NC(=O)CNS(=O)(=O)c1ccc(C(C)C)cc1)C(N)=O. The molecule has 2 amide bonds. The van der Waals surface area contributed by atoms with Gasteiger partial charge in [-0.25, -0.2) is 13.1 Å². The van der Waals surface area contributed by atoms with E-state index in [2.05, 4.69) is 10.0 Å². The summed E-state index contributed by atoms with van der Waals surface area (Å²) in [5.74, 6) is -0.794. The molecule has 0 aliphatic carbocycles. The van der Waals surface area contributed by atoms with E-state index in [0.717, 1.165) is 5.56 Å². The Morgan fingerprint density at radius 2 is 1.64 bits per heavy atom. The first-order chi connectivity index (χ1) is 11.5. The quantitative estimate of drug-likeness (QED) is 0.604. The normalized spacial score (nSPS) is 13.0. The van der Waals surface area contributed by atoms with Gasteiger partial charge in [0, 0.05) is 0 Å². The molecule has 0 heterocycles. The molecule has 4 N–H and O–H groups in total. The smallest absolute Gasteiger partial charge is 0.241 e. The van der Waals surface area contributed by atoms with Crippen molar-refractivity contribution in [3.63, 3.8) is 0 Å². The highest BCUT2D eigenvalue weighted by atomic mass is 32.2. The molecule has 7 nitrogen and oxygen atoms in total. The Bertz CT molecular complexity index is 697. The zero-order chi connectivity index (χ0) is 19.2. The van der Waals surface area contributed by atoms with Gasteiger partial charge in [-0.05, 0) is 36.0 Å². The van der Waals surface area contributed by atoms with Crippen molar-refractivity contribution < 1.29 is 18.0 Å². The molecule has 0 aromatic heterocycles. The summed E-state index contributed by atoms with van der Waals surface area (Å²) in [6, 6.07) is 5.67. The van der Waals surface area contributed by atoms with E-state index in [1.807, 2.05) is 27.7 Å². The van der Waals surface area contributed by atoms with Gasteiger partial charge in [-0.2, -0.15) is 0 Å². The lowest BCUT2D eigenvalue weighted by atomic mass is 10.0. The van der Waals surface area contributed by atoms with Gasteiger partial charge < -0.3 is 11.1 Å². The van der Waals surface area contributed by atoms with Crippen LogP contribution in [-0.2, 0) is 19.6 Å². The molecule has 1 aromatic rings. The number of carbonyl (C=O) groups excluding carboxylic acids is 2. The molecule has 1 rings (SSSR count). The van der Waals surface area contributed by atoms with Crippen molar-refractivity contribution in [2.45, 2.75) is 51.0 Å². The third-order valence-electron chi connectivity index (χ3n) is 3.67. The Morgan fingerprint density at radius 3 is 2.08 bits per heavy atom. The van der Waals surface area contributed by atoms with Gasteiger partial charge in [0.1, 0.15) is 6.04 Å². The summed E-state index contributed by atoms with van der Waals surface area (Å²) in [6.07, 6.45) is 0.393. The van der Waals surface area contributed by atoms with E-state index in [0.29, 0.717) is 12.3 Å². The lowest BCUT2D eigenvalue weighted by Crippen LogP contribution is -2.48. The second-order valence-electron chi connectivity index (χ2n) is 6.70. The van der Waals surface area contributed by atoms with Crippen LogP contribution in [0.4, 0.5) is 0 Å². The molecule has 25 heavy (non-hydrogen) atoms. The number of hydrogen-bond donors (Lipinski definition) is 3. The number of benzene rings is 1. The minimum atomic E-state index is -3.80. The minimum Gasteiger partial charge on any atom is -0.368 e. The molecular weight excluding hydrogens is 342 g/mol. The van der Waals surface area contributed by atoms with E-state index >= 15 is 0 Å². The third kappa shape index (κ3) is 6.83. The molecule has 1 atom stereocenters. The summed E-state index contributed by atoms with van der Waals surface area (Å²) in [5, 5.41) is 2.46. The standard InChI is InChI=1S/C17H27N3O4S/c1-11(2)9-15(17(18)22)20-16(21)10-19-25(23,24)14-7-5-13(6-8-14)12(3)4/h5-8,11-12,15,19H,9-10H2,1-4H3,(H2,18,22)(H,20,21)/t15-/m0/s1. The molecule has 0 unspecified atom stereocenters. The van der Waals surface area contributed by atoms with Crippen molar-refractivity contribution in [3.8, 4) is 0 Å². The molecular formula is C17H27N3O4S. The summed E-state index contributed by atoms with van der Waals surface area (Å²) in [6.45, 7) is 7.35. The first-order valence-corrected chi connectivity index (χ1v) is 9.69. The Hall–Kier alpha value is -1.93. The number of nitrogens with one attached hydrogen (secondary N) is 2. The van der Waals surface area contributed by atoms with Gasteiger partial charge in [0.15, 0.2) is 0 Å². The highest BCUT2D eigenvalue weighted by Gasteiger charge is 2.21. The topological polar surface area (TPSA) is 118 Å². The summed E-state index contributed by atoms with van der Waals surface area (Å²) < 4.78 is 26.7. The molecule has 0 spiro atoms.